The molecule has 17 heavy (non-hydrogen) atoms. The minimum atomic E-state index is 0.271. The first kappa shape index (κ1) is 12.4. The van der Waals surface area contributed by atoms with Crippen LogP contribution in [0.25, 0.3) is 0 Å². The lowest BCUT2D eigenvalue weighted by Gasteiger charge is -2.07. The molecule has 0 N–H and O–H groups in total. The SMILES string of the molecule is ClCc1cncc(Oc2cc(Cl)ccc2Cl)n1. The Labute approximate surface area is 113 Å². The van der Waals surface area contributed by atoms with Crippen LogP contribution in [0.3, 0.4) is 0 Å². The van der Waals surface area contributed by atoms with Gasteiger partial charge in [-0.2, -0.15) is 0 Å². The Balaban J connectivity index is 2.27. The maximum atomic E-state index is 5.96. The van der Waals surface area contributed by atoms with Crippen LogP contribution in [0.2, 0.25) is 10.0 Å². The van der Waals surface area contributed by atoms with Gasteiger partial charge in [0, 0.05) is 17.3 Å². The van der Waals surface area contributed by atoms with Gasteiger partial charge in [0.2, 0.25) is 5.88 Å². The van der Waals surface area contributed by atoms with Gasteiger partial charge in [0.25, 0.3) is 0 Å². The van der Waals surface area contributed by atoms with Gasteiger partial charge < -0.3 is 4.74 Å². The zero-order chi connectivity index (χ0) is 12.3. The fourth-order valence-electron chi connectivity index (χ4n) is 1.17. The van der Waals surface area contributed by atoms with Gasteiger partial charge in [0.15, 0.2) is 0 Å². The predicted octanol–water partition coefficient (Wildman–Crippen LogP) is 4.31. The zero-order valence-corrected chi connectivity index (χ0v) is 10.8. The van der Waals surface area contributed by atoms with E-state index in [1.54, 1.807) is 24.4 Å². The van der Waals surface area contributed by atoms with Gasteiger partial charge in [-0.15, -0.1) is 11.6 Å². The molecule has 2 rings (SSSR count). The molecule has 0 fully saturated rings. The van der Waals surface area contributed by atoms with Gasteiger partial charge in [-0.05, 0) is 12.1 Å². The van der Waals surface area contributed by atoms with Crippen molar-refractivity contribution >= 4 is 34.8 Å². The quantitative estimate of drug-likeness (QED) is 0.790. The molecule has 0 bridgehead atoms. The Morgan fingerprint density at radius 1 is 1.18 bits per heavy atom. The number of aromatic nitrogens is 2. The summed E-state index contributed by atoms with van der Waals surface area (Å²) >= 11 is 17.5. The summed E-state index contributed by atoms with van der Waals surface area (Å²) in [6.07, 6.45) is 3.05. The number of ether oxygens (including phenoxy) is 1. The van der Waals surface area contributed by atoms with Crippen molar-refractivity contribution in [2.75, 3.05) is 0 Å². The summed E-state index contributed by atoms with van der Waals surface area (Å²) in [5, 5.41) is 0.985. The number of benzene rings is 1. The molecular weight excluding hydrogens is 282 g/mol. The molecule has 0 radical (unpaired) electrons. The van der Waals surface area contributed by atoms with E-state index in [9.17, 15) is 0 Å². The molecule has 0 spiro atoms. The minimum absolute atomic E-state index is 0.271. The third-order valence-electron chi connectivity index (χ3n) is 1.91. The maximum Gasteiger partial charge on any atom is 0.238 e. The van der Waals surface area contributed by atoms with Crippen LogP contribution in [0.5, 0.6) is 11.6 Å². The second-order valence-corrected chi connectivity index (χ2v) is 4.27. The minimum Gasteiger partial charge on any atom is -0.436 e. The van der Waals surface area contributed by atoms with Gasteiger partial charge in [-0.3, -0.25) is 4.98 Å². The number of hydrogen-bond acceptors (Lipinski definition) is 3. The summed E-state index contributed by atoms with van der Waals surface area (Å²) in [5.74, 6) is 1.03. The van der Waals surface area contributed by atoms with E-state index in [-0.39, 0.29) is 5.88 Å². The number of halogens is 3. The van der Waals surface area contributed by atoms with E-state index < -0.39 is 0 Å². The fraction of sp³-hybridized carbons (Fsp3) is 0.0909. The van der Waals surface area contributed by atoms with Crippen molar-refractivity contribution in [2.45, 2.75) is 5.88 Å². The van der Waals surface area contributed by atoms with Gasteiger partial charge >= 0.3 is 0 Å². The van der Waals surface area contributed by atoms with Crippen LogP contribution in [0, 0.1) is 0 Å². The summed E-state index contributed by atoms with van der Waals surface area (Å²) in [6.45, 7) is 0. The number of alkyl halides is 1. The lowest BCUT2D eigenvalue weighted by Crippen LogP contribution is -1.93. The molecule has 0 saturated heterocycles. The second-order valence-electron chi connectivity index (χ2n) is 3.16. The molecule has 1 aromatic heterocycles. The molecule has 1 heterocycles. The summed E-state index contributed by atoms with van der Waals surface area (Å²) in [5.41, 5.74) is 0.627. The molecule has 3 nitrogen and oxygen atoms in total. The zero-order valence-electron chi connectivity index (χ0n) is 8.53. The third-order valence-corrected chi connectivity index (χ3v) is 2.73. The van der Waals surface area contributed by atoms with Crippen molar-refractivity contribution in [3.05, 3.63) is 46.3 Å². The maximum absolute atomic E-state index is 5.96. The van der Waals surface area contributed by atoms with E-state index in [0.717, 1.165) is 0 Å². The highest BCUT2D eigenvalue weighted by atomic mass is 35.5. The van der Waals surface area contributed by atoms with E-state index in [2.05, 4.69) is 9.97 Å². The molecule has 0 saturated carbocycles. The van der Waals surface area contributed by atoms with E-state index in [1.165, 1.54) is 6.20 Å². The normalized spacial score (nSPS) is 10.3. The molecule has 0 aliphatic carbocycles. The molecular formula is C11H7Cl3N2O. The molecule has 0 unspecified atom stereocenters. The largest absolute Gasteiger partial charge is 0.436 e. The molecule has 0 aliphatic heterocycles. The summed E-state index contributed by atoms with van der Waals surface area (Å²) in [4.78, 5) is 8.09. The van der Waals surface area contributed by atoms with Crippen LogP contribution in [0.1, 0.15) is 5.69 Å². The van der Waals surface area contributed by atoms with Crippen LogP contribution >= 0.6 is 34.8 Å². The third kappa shape index (κ3) is 3.22. The first-order valence-electron chi connectivity index (χ1n) is 4.69. The van der Waals surface area contributed by atoms with Gasteiger partial charge in [-0.25, -0.2) is 4.98 Å². The van der Waals surface area contributed by atoms with Crippen molar-refractivity contribution < 1.29 is 4.74 Å². The average molecular weight is 290 g/mol. The van der Waals surface area contributed by atoms with Crippen molar-refractivity contribution in [3.63, 3.8) is 0 Å². The topological polar surface area (TPSA) is 35.0 Å². The highest BCUT2D eigenvalue weighted by Crippen LogP contribution is 2.30. The van der Waals surface area contributed by atoms with Crippen molar-refractivity contribution in [2.24, 2.45) is 0 Å². The monoisotopic (exact) mass is 288 g/mol. The van der Waals surface area contributed by atoms with E-state index in [4.69, 9.17) is 39.5 Å². The van der Waals surface area contributed by atoms with Crippen LogP contribution in [0.15, 0.2) is 30.6 Å². The van der Waals surface area contributed by atoms with E-state index >= 15 is 0 Å². The van der Waals surface area contributed by atoms with E-state index in [0.29, 0.717) is 27.4 Å². The van der Waals surface area contributed by atoms with E-state index in [1.807, 2.05) is 0 Å². The van der Waals surface area contributed by atoms with Crippen molar-refractivity contribution in [1.29, 1.82) is 0 Å². The molecule has 2 aromatic rings. The first-order valence-corrected chi connectivity index (χ1v) is 5.98. The number of rotatable bonds is 3. The summed E-state index contributed by atoms with van der Waals surface area (Å²) < 4.78 is 5.48. The second kappa shape index (κ2) is 5.54. The standard InChI is InChI=1S/C11H7Cl3N2O/c12-4-8-5-15-6-11(16-8)17-10-3-7(13)1-2-9(10)14/h1-3,5-6H,4H2. The Bertz CT molecular complexity index is 534. The molecule has 6 heteroatoms. The molecule has 0 atom stereocenters. The molecule has 0 amide bonds. The Morgan fingerprint density at radius 3 is 2.76 bits per heavy atom. The fourth-order valence-corrected chi connectivity index (χ4v) is 1.61. The lowest BCUT2D eigenvalue weighted by molar-refractivity contribution is 0.458. The molecule has 88 valence electrons. The van der Waals surface area contributed by atoms with Crippen LogP contribution in [0.4, 0.5) is 0 Å². The van der Waals surface area contributed by atoms with Crippen LogP contribution in [-0.4, -0.2) is 9.97 Å². The first-order chi connectivity index (χ1) is 8.19. The predicted molar refractivity (Wildman–Crippen MR) is 68.1 cm³/mol. The lowest BCUT2D eigenvalue weighted by atomic mass is 10.3. The van der Waals surface area contributed by atoms with Crippen LogP contribution < -0.4 is 4.74 Å². The van der Waals surface area contributed by atoms with Crippen LogP contribution in [-0.2, 0) is 5.88 Å². The summed E-state index contributed by atoms with van der Waals surface area (Å²) in [6, 6.07) is 4.94. The number of nitrogens with zero attached hydrogens (tertiary/aromatic N) is 2. The van der Waals surface area contributed by atoms with Crippen molar-refractivity contribution in [1.82, 2.24) is 9.97 Å². The number of hydrogen-bond donors (Lipinski definition) is 0. The Kier molecular flexibility index (Phi) is 4.05. The molecule has 0 aliphatic rings. The van der Waals surface area contributed by atoms with Gasteiger partial charge in [0.05, 0.1) is 22.8 Å². The van der Waals surface area contributed by atoms with Gasteiger partial charge in [-0.1, -0.05) is 23.2 Å². The Hall–Kier alpha value is -1.03. The highest BCUT2D eigenvalue weighted by molar-refractivity contribution is 6.34. The highest BCUT2D eigenvalue weighted by Gasteiger charge is 2.06. The van der Waals surface area contributed by atoms with Crippen molar-refractivity contribution in [3.8, 4) is 11.6 Å². The smallest absolute Gasteiger partial charge is 0.238 e. The Morgan fingerprint density at radius 2 is 2.00 bits per heavy atom. The van der Waals surface area contributed by atoms with Gasteiger partial charge in [0.1, 0.15) is 5.75 Å². The molecule has 1 aromatic carbocycles. The summed E-state index contributed by atoms with van der Waals surface area (Å²) in [7, 11) is 0. The average Bonchev–Trinajstić information content (AvgIpc) is 2.34.